The molecule has 34 heavy (non-hydrogen) atoms. The van der Waals surface area contributed by atoms with Gasteiger partial charge in [0.1, 0.15) is 12.4 Å². The van der Waals surface area contributed by atoms with Gasteiger partial charge in [0.25, 0.3) is 5.91 Å². The highest BCUT2D eigenvalue weighted by Gasteiger charge is 2.42. The molecule has 7 heteroatoms. The molecule has 2 unspecified atom stereocenters. The Morgan fingerprint density at radius 2 is 1.74 bits per heavy atom. The minimum atomic E-state index is -0.373. The summed E-state index contributed by atoms with van der Waals surface area (Å²) in [5, 5.41) is 6.23. The number of benzene rings is 3. The van der Waals surface area contributed by atoms with E-state index in [1.165, 1.54) is 5.01 Å². The first-order valence-corrected chi connectivity index (χ1v) is 11.4. The van der Waals surface area contributed by atoms with Crippen LogP contribution in [0.4, 0.5) is 5.69 Å². The number of carbonyl (C=O) groups excluding carboxylic acids is 3. The third-order valence-electron chi connectivity index (χ3n) is 6.29. The van der Waals surface area contributed by atoms with E-state index in [0.29, 0.717) is 37.2 Å². The number of hydrogen-bond acceptors (Lipinski definition) is 4. The van der Waals surface area contributed by atoms with Gasteiger partial charge in [-0.3, -0.25) is 19.8 Å². The zero-order valence-electron chi connectivity index (χ0n) is 18.6. The van der Waals surface area contributed by atoms with Gasteiger partial charge in [-0.2, -0.15) is 0 Å². The maximum atomic E-state index is 13.0. The van der Waals surface area contributed by atoms with Crippen LogP contribution in [-0.2, 0) is 9.59 Å². The number of nitrogens with one attached hydrogen (secondary N) is 2. The number of hydrazine groups is 1. The zero-order valence-corrected chi connectivity index (χ0v) is 18.6. The summed E-state index contributed by atoms with van der Waals surface area (Å²) in [7, 11) is 0. The third-order valence-corrected chi connectivity index (χ3v) is 6.29. The van der Waals surface area contributed by atoms with Gasteiger partial charge in [-0.1, -0.05) is 54.6 Å². The highest BCUT2D eigenvalue weighted by Crippen LogP contribution is 2.32. The van der Waals surface area contributed by atoms with Crippen molar-refractivity contribution in [1.82, 2.24) is 10.7 Å². The summed E-state index contributed by atoms with van der Waals surface area (Å²) in [4.78, 5) is 38.2. The summed E-state index contributed by atoms with van der Waals surface area (Å²) in [6, 6.07) is 20.5. The lowest BCUT2D eigenvalue weighted by Gasteiger charge is -2.38. The lowest BCUT2D eigenvalue weighted by Crippen LogP contribution is -2.59. The molecule has 7 nitrogen and oxygen atoms in total. The second-order valence-corrected chi connectivity index (χ2v) is 8.44. The molecule has 1 aliphatic carbocycles. The van der Waals surface area contributed by atoms with E-state index in [2.05, 4.69) is 10.7 Å². The van der Waals surface area contributed by atoms with Crippen molar-refractivity contribution in [1.29, 1.82) is 0 Å². The van der Waals surface area contributed by atoms with Crippen molar-refractivity contribution in [2.24, 2.45) is 11.8 Å². The van der Waals surface area contributed by atoms with Crippen LogP contribution in [0.25, 0.3) is 10.8 Å². The zero-order chi connectivity index (χ0) is 23.5. The Hall–Kier alpha value is -4.13. The predicted octanol–water partition coefficient (Wildman–Crippen LogP) is 3.61. The SMILES string of the molecule is O=C(NCCOc1cccc2ccccc12)c1cccc(N2NC(=O)C3CC=CCC3C2=O)c1. The number of ether oxygens (including phenoxy) is 1. The van der Waals surface area contributed by atoms with Gasteiger partial charge in [0.15, 0.2) is 0 Å². The summed E-state index contributed by atoms with van der Waals surface area (Å²) in [5.74, 6) is -0.545. The molecule has 2 atom stereocenters. The van der Waals surface area contributed by atoms with Crippen LogP contribution in [-0.4, -0.2) is 30.9 Å². The molecule has 0 bridgehead atoms. The molecule has 0 aromatic heterocycles. The van der Waals surface area contributed by atoms with Gasteiger partial charge >= 0.3 is 0 Å². The van der Waals surface area contributed by atoms with Gasteiger partial charge in [0.2, 0.25) is 11.8 Å². The first kappa shape index (κ1) is 21.7. The molecule has 3 aromatic carbocycles. The van der Waals surface area contributed by atoms with E-state index in [0.717, 1.165) is 16.5 Å². The average Bonchev–Trinajstić information content (AvgIpc) is 2.88. The molecule has 0 spiro atoms. The monoisotopic (exact) mass is 455 g/mol. The van der Waals surface area contributed by atoms with Crippen molar-refractivity contribution in [3.8, 4) is 5.75 Å². The fourth-order valence-electron chi connectivity index (χ4n) is 4.52. The molecule has 2 aliphatic rings. The second kappa shape index (κ2) is 9.39. The molecule has 1 heterocycles. The standard InChI is InChI=1S/C27H25N3O4/c31-25(28-15-16-34-24-14-6-8-18-7-1-2-11-21(18)24)19-9-5-10-20(17-19)30-27(33)23-13-4-3-12-22(23)26(32)29-30/h1-11,14,17,22-23H,12-13,15-16H2,(H,28,31)(H,29,32). The summed E-state index contributed by atoms with van der Waals surface area (Å²) in [5.41, 5.74) is 3.55. The Kier molecular flexibility index (Phi) is 5.99. The van der Waals surface area contributed by atoms with Crippen LogP contribution in [0.3, 0.4) is 0 Å². The Morgan fingerprint density at radius 1 is 0.971 bits per heavy atom. The van der Waals surface area contributed by atoms with E-state index in [-0.39, 0.29) is 29.6 Å². The first-order valence-electron chi connectivity index (χ1n) is 11.4. The van der Waals surface area contributed by atoms with Crippen molar-refractivity contribution >= 4 is 34.2 Å². The van der Waals surface area contributed by atoms with Gasteiger partial charge in [-0.25, -0.2) is 5.01 Å². The van der Waals surface area contributed by atoms with Gasteiger partial charge < -0.3 is 10.1 Å². The molecule has 0 radical (unpaired) electrons. The van der Waals surface area contributed by atoms with Gasteiger partial charge in [-0.15, -0.1) is 0 Å². The Labute approximate surface area is 197 Å². The molecule has 1 saturated heterocycles. The maximum Gasteiger partial charge on any atom is 0.251 e. The van der Waals surface area contributed by atoms with Crippen molar-refractivity contribution in [3.05, 3.63) is 84.4 Å². The summed E-state index contributed by atoms with van der Waals surface area (Å²) >= 11 is 0. The number of nitrogens with zero attached hydrogens (tertiary/aromatic N) is 1. The molecule has 5 rings (SSSR count). The number of carbonyl (C=O) groups is 3. The molecule has 3 aromatic rings. The van der Waals surface area contributed by atoms with Crippen LogP contribution in [0.5, 0.6) is 5.75 Å². The largest absolute Gasteiger partial charge is 0.491 e. The molecule has 2 N–H and O–H groups in total. The number of anilines is 1. The van der Waals surface area contributed by atoms with Crippen molar-refractivity contribution in [2.75, 3.05) is 18.2 Å². The smallest absolute Gasteiger partial charge is 0.251 e. The Bertz CT molecular complexity index is 1280. The number of allylic oxidation sites excluding steroid dienone is 2. The minimum Gasteiger partial charge on any atom is -0.491 e. The lowest BCUT2D eigenvalue weighted by molar-refractivity contribution is -0.139. The average molecular weight is 456 g/mol. The Balaban J connectivity index is 1.21. The highest BCUT2D eigenvalue weighted by atomic mass is 16.5. The van der Waals surface area contributed by atoms with Gasteiger partial charge in [0, 0.05) is 10.9 Å². The van der Waals surface area contributed by atoms with E-state index >= 15 is 0 Å². The number of hydrogen-bond donors (Lipinski definition) is 2. The fraction of sp³-hybridized carbons (Fsp3) is 0.222. The van der Waals surface area contributed by atoms with Crippen molar-refractivity contribution in [3.63, 3.8) is 0 Å². The summed E-state index contributed by atoms with van der Waals surface area (Å²) in [6.45, 7) is 0.637. The van der Waals surface area contributed by atoms with E-state index in [1.54, 1.807) is 24.3 Å². The van der Waals surface area contributed by atoms with Crippen LogP contribution < -0.4 is 20.5 Å². The summed E-state index contributed by atoms with van der Waals surface area (Å²) in [6.07, 6.45) is 5.00. The molecule has 1 aliphatic heterocycles. The minimum absolute atomic E-state index is 0.157. The molecule has 172 valence electrons. The molecular weight excluding hydrogens is 430 g/mol. The van der Waals surface area contributed by atoms with E-state index < -0.39 is 0 Å². The van der Waals surface area contributed by atoms with E-state index in [9.17, 15) is 14.4 Å². The van der Waals surface area contributed by atoms with Crippen LogP contribution in [0, 0.1) is 11.8 Å². The first-order chi connectivity index (χ1) is 16.6. The lowest BCUT2D eigenvalue weighted by atomic mass is 9.80. The van der Waals surface area contributed by atoms with Crippen molar-refractivity contribution < 1.29 is 19.1 Å². The number of rotatable bonds is 6. The molecule has 0 saturated carbocycles. The third kappa shape index (κ3) is 4.24. The molecular formula is C27H25N3O4. The van der Waals surface area contributed by atoms with Gasteiger partial charge in [0.05, 0.1) is 24.1 Å². The van der Waals surface area contributed by atoms with Crippen LogP contribution in [0.2, 0.25) is 0 Å². The van der Waals surface area contributed by atoms with Crippen LogP contribution in [0.1, 0.15) is 23.2 Å². The molecule has 1 fully saturated rings. The Morgan fingerprint density at radius 3 is 2.62 bits per heavy atom. The maximum absolute atomic E-state index is 13.0. The molecule has 3 amide bonds. The predicted molar refractivity (Wildman–Crippen MR) is 129 cm³/mol. The quantitative estimate of drug-likeness (QED) is 0.439. The van der Waals surface area contributed by atoms with Gasteiger partial charge in [-0.05, 0) is 42.5 Å². The van der Waals surface area contributed by atoms with Crippen LogP contribution >= 0.6 is 0 Å². The van der Waals surface area contributed by atoms with Crippen LogP contribution in [0.15, 0.2) is 78.9 Å². The number of amides is 3. The van der Waals surface area contributed by atoms with E-state index in [4.69, 9.17) is 4.74 Å². The normalized spacial score (nSPS) is 19.5. The topological polar surface area (TPSA) is 87.7 Å². The number of fused-ring (bicyclic) bond motifs is 2. The van der Waals surface area contributed by atoms with E-state index in [1.807, 2.05) is 54.6 Å². The fourth-order valence-corrected chi connectivity index (χ4v) is 4.52. The van der Waals surface area contributed by atoms with Crippen molar-refractivity contribution in [2.45, 2.75) is 12.8 Å². The highest BCUT2D eigenvalue weighted by molar-refractivity contribution is 6.05. The second-order valence-electron chi connectivity index (χ2n) is 8.44. The summed E-state index contributed by atoms with van der Waals surface area (Å²) < 4.78 is 5.88.